The average molecular weight is 515 g/mol. The van der Waals surface area contributed by atoms with E-state index >= 15 is 0 Å². The summed E-state index contributed by atoms with van der Waals surface area (Å²) in [6, 6.07) is 17.0. The largest absolute Gasteiger partial charge is 0.507 e. The summed E-state index contributed by atoms with van der Waals surface area (Å²) in [7, 11) is 1.58. The number of anilines is 1. The van der Waals surface area contributed by atoms with Gasteiger partial charge in [0.2, 0.25) is 0 Å². The molecule has 1 unspecified atom stereocenters. The number of aliphatic hydroxyl groups excluding tert-OH is 1. The Morgan fingerprint density at radius 3 is 2.54 bits per heavy atom. The lowest BCUT2D eigenvalue weighted by atomic mass is 9.94. The summed E-state index contributed by atoms with van der Waals surface area (Å²) in [6.07, 6.45) is 0. The van der Waals surface area contributed by atoms with E-state index in [1.807, 2.05) is 37.3 Å². The van der Waals surface area contributed by atoms with E-state index in [2.05, 4.69) is 4.98 Å². The van der Waals surface area contributed by atoms with Crippen LogP contribution in [0.3, 0.4) is 0 Å². The van der Waals surface area contributed by atoms with E-state index in [9.17, 15) is 14.7 Å². The minimum Gasteiger partial charge on any atom is -0.507 e. The second kappa shape index (κ2) is 8.94. The van der Waals surface area contributed by atoms with E-state index in [0.29, 0.717) is 52.2 Å². The van der Waals surface area contributed by atoms with Crippen molar-refractivity contribution in [3.63, 3.8) is 0 Å². The summed E-state index contributed by atoms with van der Waals surface area (Å²) in [5.41, 5.74) is 2.73. The smallest absolute Gasteiger partial charge is 0.301 e. The fourth-order valence-electron chi connectivity index (χ4n) is 4.56. The van der Waals surface area contributed by atoms with Crippen LogP contribution in [0.4, 0.5) is 5.13 Å². The Bertz CT molecular complexity index is 1590. The number of methoxy groups -OCH3 is 1. The lowest BCUT2D eigenvalue weighted by Gasteiger charge is -2.23. The van der Waals surface area contributed by atoms with Crippen LogP contribution in [0.5, 0.6) is 17.2 Å². The Kier molecular flexibility index (Phi) is 5.57. The molecular formula is C28H22N2O6S. The summed E-state index contributed by atoms with van der Waals surface area (Å²) in [5, 5.41) is 11.8. The highest BCUT2D eigenvalue weighted by atomic mass is 32.1. The molecule has 6 rings (SSSR count). The van der Waals surface area contributed by atoms with Crippen LogP contribution >= 0.6 is 11.3 Å². The van der Waals surface area contributed by atoms with E-state index < -0.39 is 17.7 Å². The summed E-state index contributed by atoms with van der Waals surface area (Å²) >= 11 is 1.28. The molecule has 8 nitrogen and oxygen atoms in total. The van der Waals surface area contributed by atoms with Crippen LogP contribution in [-0.4, -0.2) is 42.1 Å². The van der Waals surface area contributed by atoms with Crippen LogP contribution in [0, 0.1) is 6.92 Å². The molecule has 0 aliphatic carbocycles. The van der Waals surface area contributed by atoms with Gasteiger partial charge in [0.1, 0.15) is 24.7 Å². The standard InChI is InChI=1S/C28H22N2O6S/c1-15-3-5-16(6-4-15)24-23(25(31)17-7-10-20-21(13-17)36-12-11-35-20)26(32)27(33)30(24)28-29-19-9-8-18(34-2)14-22(19)37-28/h3-10,13-14,24,31H,11-12H2,1-2H3/b25-23-. The maximum Gasteiger partial charge on any atom is 0.301 e. The molecular weight excluding hydrogens is 492 g/mol. The number of hydrogen-bond acceptors (Lipinski definition) is 8. The number of benzene rings is 3. The number of ketones is 1. The molecule has 0 saturated carbocycles. The number of amides is 1. The number of ether oxygens (including phenoxy) is 3. The first-order valence-electron chi connectivity index (χ1n) is 11.7. The van der Waals surface area contributed by atoms with E-state index in [0.717, 1.165) is 10.3 Å². The van der Waals surface area contributed by atoms with Crippen LogP contribution in [0.25, 0.3) is 16.0 Å². The van der Waals surface area contributed by atoms with E-state index in [-0.39, 0.29) is 11.3 Å². The van der Waals surface area contributed by atoms with Crippen LogP contribution in [0.2, 0.25) is 0 Å². The van der Waals surface area contributed by atoms with Gasteiger partial charge in [-0.15, -0.1) is 0 Å². The van der Waals surface area contributed by atoms with Crippen molar-refractivity contribution in [1.29, 1.82) is 0 Å². The predicted octanol–water partition coefficient (Wildman–Crippen LogP) is 5.01. The normalized spacial score (nSPS) is 18.4. The molecule has 186 valence electrons. The number of carbonyl (C=O) groups is 2. The first-order chi connectivity index (χ1) is 17.9. The fraction of sp³-hybridized carbons (Fsp3) is 0.179. The third-order valence-electron chi connectivity index (χ3n) is 6.44. The van der Waals surface area contributed by atoms with Gasteiger partial charge in [0.05, 0.1) is 28.9 Å². The zero-order valence-corrected chi connectivity index (χ0v) is 20.9. The van der Waals surface area contributed by atoms with Gasteiger partial charge in [-0.1, -0.05) is 41.2 Å². The fourth-order valence-corrected chi connectivity index (χ4v) is 5.58. The van der Waals surface area contributed by atoms with Crippen LogP contribution in [0.15, 0.2) is 66.2 Å². The molecule has 2 aliphatic heterocycles. The lowest BCUT2D eigenvalue weighted by molar-refractivity contribution is -0.132. The topological polar surface area (TPSA) is 98.2 Å². The van der Waals surface area contributed by atoms with Crippen LogP contribution in [-0.2, 0) is 9.59 Å². The first-order valence-corrected chi connectivity index (χ1v) is 12.5. The number of Topliss-reactive ketones (excluding diaryl/α,β-unsaturated/α-hetero) is 1. The van der Waals surface area contributed by atoms with Crippen LogP contribution < -0.4 is 19.1 Å². The zero-order chi connectivity index (χ0) is 25.7. The molecule has 0 spiro atoms. The van der Waals surface area contributed by atoms with Gasteiger partial charge in [-0.25, -0.2) is 4.98 Å². The third-order valence-corrected chi connectivity index (χ3v) is 7.46. The minimum absolute atomic E-state index is 0.0117. The molecule has 3 aromatic carbocycles. The Hall–Kier alpha value is -4.37. The molecule has 3 heterocycles. The van der Waals surface area contributed by atoms with Gasteiger partial charge in [0.25, 0.3) is 5.78 Å². The number of aromatic nitrogens is 1. The first kappa shape index (κ1) is 23.1. The Morgan fingerprint density at radius 1 is 1.03 bits per heavy atom. The van der Waals surface area contributed by atoms with Crippen molar-refractivity contribution < 1.29 is 28.9 Å². The highest BCUT2D eigenvalue weighted by Crippen LogP contribution is 2.45. The van der Waals surface area contributed by atoms with Crippen molar-refractivity contribution in [3.8, 4) is 17.2 Å². The molecule has 0 bridgehead atoms. The summed E-state index contributed by atoms with van der Waals surface area (Å²) < 4.78 is 17.4. The van der Waals surface area contributed by atoms with Crippen molar-refractivity contribution in [2.75, 3.05) is 25.2 Å². The molecule has 37 heavy (non-hydrogen) atoms. The van der Waals surface area contributed by atoms with E-state index in [4.69, 9.17) is 14.2 Å². The van der Waals surface area contributed by atoms with Crippen LogP contribution in [0.1, 0.15) is 22.7 Å². The molecule has 2 aliphatic rings. The van der Waals surface area contributed by atoms with Crippen molar-refractivity contribution in [3.05, 3.63) is 82.9 Å². The highest BCUT2D eigenvalue weighted by molar-refractivity contribution is 7.22. The number of fused-ring (bicyclic) bond motifs is 2. The predicted molar refractivity (Wildman–Crippen MR) is 140 cm³/mol. The molecule has 1 saturated heterocycles. The molecule has 1 N–H and O–H groups in total. The Labute approximate surface area is 216 Å². The molecule has 1 atom stereocenters. The zero-order valence-electron chi connectivity index (χ0n) is 20.1. The van der Waals surface area contributed by atoms with E-state index in [1.54, 1.807) is 37.4 Å². The monoisotopic (exact) mass is 514 g/mol. The Balaban J connectivity index is 1.52. The number of nitrogens with zero attached hydrogens (tertiary/aromatic N) is 2. The number of thiazole rings is 1. The lowest BCUT2D eigenvalue weighted by Crippen LogP contribution is -2.29. The molecule has 9 heteroatoms. The van der Waals surface area contributed by atoms with Gasteiger partial charge in [-0.2, -0.15) is 0 Å². The van der Waals surface area contributed by atoms with Gasteiger partial charge in [0, 0.05) is 5.56 Å². The van der Waals surface area contributed by atoms with Gasteiger partial charge in [-0.3, -0.25) is 14.5 Å². The van der Waals surface area contributed by atoms with Crippen molar-refractivity contribution in [2.45, 2.75) is 13.0 Å². The quantitative estimate of drug-likeness (QED) is 0.232. The number of aryl methyl sites for hydroxylation is 1. The highest BCUT2D eigenvalue weighted by Gasteiger charge is 2.48. The third kappa shape index (κ3) is 3.88. The number of hydrogen-bond donors (Lipinski definition) is 1. The number of rotatable bonds is 4. The van der Waals surface area contributed by atoms with E-state index in [1.165, 1.54) is 16.2 Å². The molecule has 0 radical (unpaired) electrons. The summed E-state index contributed by atoms with van der Waals surface area (Å²) in [6.45, 7) is 2.77. The molecule has 4 aromatic rings. The number of aliphatic hydroxyl groups is 1. The summed E-state index contributed by atoms with van der Waals surface area (Å²) in [4.78, 5) is 32.9. The molecule has 1 aromatic heterocycles. The van der Waals surface area contributed by atoms with Gasteiger partial charge in [0.15, 0.2) is 16.6 Å². The Morgan fingerprint density at radius 2 is 1.78 bits per heavy atom. The maximum absolute atomic E-state index is 13.5. The van der Waals surface area contributed by atoms with Gasteiger partial charge < -0.3 is 19.3 Å². The maximum atomic E-state index is 13.5. The SMILES string of the molecule is COc1ccc2nc(N3C(=O)C(=O)/C(=C(\O)c4ccc5c(c4)OCCO5)C3c3ccc(C)cc3)sc2c1. The summed E-state index contributed by atoms with van der Waals surface area (Å²) in [5.74, 6) is -0.130. The number of carbonyl (C=O) groups excluding carboxylic acids is 2. The van der Waals surface area contributed by atoms with Gasteiger partial charge in [-0.05, 0) is 48.9 Å². The second-order valence-electron chi connectivity index (χ2n) is 8.77. The minimum atomic E-state index is -0.865. The van der Waals surface area contributed by atoms with Gasteiger partial charge >= 0.3 is 5.91 Å². The van der Waals surface area contributed by atoms with Crippen molar-refractivity contribution in [2.24, 2.45) is 0 Å². The molecule has 1 amide bonds. The van der Waals surface area contributed by atoms with Crippen molar-refractivity contribution >= 4 is 44.1 Å². The van der Waals surface area contributed by atoms with Crippen molar-refractivity contribution in [1.82, 2.24) is 4.98 Å². The average Bonchev–Trinajstić information content (AvgIpc) is 3.46. The molecule has 1 fully saturated rings. The second-order valence-corrected chi connectivity index (χ2v) is 9.78.